The number of hydrogen-bond donors (Lipinski definition) is 2. The number of primary amides is 1. The van der Waals surface area contributed by atoms with Crippen LogP contribution in [0.25, 0.3) is 0 Å². The predicted octanol–water partition coefficient (Wildman–Crippen LogP) is 6.19. The molecule has 0 aromatic heterocycles. The van der Waals surface area contributed by atoms with Crippen molar-refractivity contribution in [3.05, 3.63) is 35.1 Å². The molecule has 2 aliphatic rings. The molecule has 1 fully saturated rings. The van der Waals surface area contributed by atoms with Crippen LogP contribution >= 0.6 is 0 Å². The fourth-order valence-electron chi connectivity index (χ4n) is 4.09. The van der Waals surface area contributed by atoms with Gasteiger partial charge in [0.15, 0.2) is 0 Å². The number of ether oxygens (including phenoxy) is 2. The van der Waals surface area contributed by atoms with Gasteiger partial charge in [-0.1, -0.05) is 71.9 Å². The molecule has 0 aliphatic carbocycles. The fourth-order valence-corrected chi connectivity index (χ4v) is 4.09. The van der Waals surface area contributed by atoms with Crippen molar-refractivity contribution >= 4 is 24.9 Å². The second-order valence-corrected chi connectivity index (χ2v) is 11.0. The highest BCUT2D eigenvalue weighted by molar-refractivity contribution is 5.82. The van der Waals surface area contributed by atoms with E-state index in [1.165, 1.54) is 45.3 Å². The lowest BCUT2D eigenvalue weighted by Crippen LogP contribution is -2.43. The molecule has 1 aromatic carbocycles. The van der Waals surface area contributed by atoms with E-state index in [-0.39, 0.29) is 30.7 Å². The van der Waals surface area contributed by atoms with Gasteiger partial charge >= 0.3 is 6.09 Å². The molecule has 0 spiro atoms. The minimum Gasteiger partial charge on any atom is -0.471 e. The van der Waals surface area contributed by atoms with Crippen LogP contribution in [0.4, 0.5) is 9.18 Å². The van der Waals surface area contributed by atoms with Crippen molar-refractivity contribution < 1.29 is 33.0 Å². The molecule has 3 rings (SSSR count). The minimum atomic E-state index is -0.544. The molecule has 3 N–H and O–H groups in total. The van der Waals surface area contributed by atoms with Crippen molar-refractivity contribution in [2.75, 3.05) is 27.2 Å². The number of alkyl carbamates (subject to hydrolysis) is 1. The number of benzene rings is 1. The molecule has 1 unspecified atom stereocenters. The van der Waals surface area contributed by atoms with Gasteiger partial charge in [0.25, 0.3) is 6.47 Å². The van der Waals surface area contributed by atoms with E-state index in [4.69, 9.17) is 14.3 Å². The molecule has 3 amide bonds. The number of methoxy groups -OCH3 is 1. The Morgan fingerprint density at radius 1 is 1.09 bits per heavy atom. The molecule has 1 aromatic rings. The number of amides is 3. The summed E-state index contributed by atoms with van der Waals surface area (Å²) < 4.78 is 22.0. The van der Waals surface area contributed by atoms with Crippen LogP contribution in [0.2, 0.25) is 0 Å². The molecule has 11 heteroatoms. The monoisotopic (exact) mass is 628 g/mol. The lowest BCUT2D eigenvalue weighted by molar-refractivity contribution is -0.130. The molecular formula is C33H61FN4O6. The number of rotatable bonds is 7. The van der Waals surface area contributed by atoms with E-state index in [1.807, 2.05) is 33.9 Å². The van der Waals surface area contributed by atoms with Gasteiger partial charge < -0.3 is 25.4 Å². The highest BCUT2D eigenvalue weighted by atomic mass is 19.1. The van der Waals surface area contributed by atoms with Crippen molar-refractivity contribution in [3.8, 4) is 0 Å². The van der Waals surface area contributed by atoms with Gasteiger partial charge in [-0.2, -0.15) is 0 Å². The van der Waals surface area contributed by atoms with Crippen LogP contribution in [0.5, 0.6) is 0 Å². The van der Waals surface area contributed by atoms with E-state index in [0.29, 0.717) is 6.47 Å². The van der Waals surface area contributed by atoms with Crippen LogP contribution in [0, 0.1) is 5.82 Å². The van der Waals surface area contributed by atoms with E-state index in [0.717, 1.165) is 43.6 Å². The van der Waals surface area contributed by atoms with Crippen LogP contribution in [-0.2, 0) is 36.9 Å². The zero-order chi connectivity index (χ0) is 34.6. The number of unbranched alkanes of at least 4 members (excludes halogenated alkanes) is 4. The summed E-state index contributed by atoms with van der Waals surface area (Å²) in [5.41, 5.74) is 5.64. The Balaban J connectivity index is -0.000000534. The SMILES string of the molecule is CC.CC1CCCN1C(=O)CNC(=O)OC(C)(C)C.CCCCCCC.CN1Cc2cccc(F)c2C1.COC=O.NC=O. The Labute approximate surface area is 266 Å². The Kier molecular flexibility index (Phi) is 29.3. The number of carbonyl (C=O) groups excluding carboxylic acids is 4. The average Bonchev–Trinajstić information content (AvgIpc) is 3.59. The minimum absolute atomic E-state index is 0.0131. The summed E-state index contributed by atoms with van der Waals surface area (Å²) in [5.74, 6) is -0.104. The maximum absolute atomic E-state index is 13.0. The zero-order valence-electron chi connectivity index (χ0n) is 29.0. The van der Waals surface area contributed by atoms with Crippen molar-refractivity contribution in [1.29, 1.82) is 0 Å². The summed E-state index contributed by atoms with van der Waals surface area (Å²) in [4.78, 5) is 44.6. The Hall–Kier alpha value is -3.21. The lowest BCUT2D eigenvalue weighted by atomic mass is 10.1. The molecule has 0 radical (unpaired) electrons. The Bertz CT molecular complexity index is 892. The van der Waals surface area contributed by atoms with Crippen molar-refractivity contribution in [1.82, 2.24) is 15.1 Å². The third-order valence-corrected chi connectivity index (χ3v) is 6.04. The smallest absolute Gasteiger partial charge is 0.408 e. The second kappa shape index (κ2) is 28.6. The number of nitrogens with two attached hydrogens (primary N) is 1. The first-order valence-corrected chi connectivity index (χ1v) is 15.6. The maximum Gasteiger partial charge on any atom is 0.408 e. The summed E-state index contributed by atoms with van der Waals surface area (Å²) in [6.07, 6.45) is 8.80. The molecule has 1 atom stereocenters. The number of hydrogen-bond acceptors (Lipinski definition) is 7. The number of halogens is 1. The highest BCUT2D eigenvalue weighted by Gasteiger charge is 2.25. The molecule has 1 saturated heterocycles. The topological polar surface area (TPSA) is 131 Å². The zero-order valence-corrected chi connectivity index (χ0v) is 29.0. The first kappa shape index (κ1) is 45.2. The van der Waals surface area contributed by atoms with Crippen molar-refractivity contribution in [2.45, 2.75) is 125 Å². The summed E-state index contributed by atoms with van der Waals surface area (Å²) in [7, 11) is 3.31. The van der Waals surface area contributed by atoms with Gasteiger partial charge in [0.1, 0.15) is 18.0 Å². The average molecular weight is 629 g/mol. The van der Waals surface area contributed by atoms with Crippen LogP contribution in [0.15, 0.2) is 18.2 Å². The summed E-state index contributed by atoms with van der Waals surface area (Å²) in [6.45, 7) is 18.7. The van der Waals surface area contributed by atoms with Gasteiger partial charge in [-0.05, 0) is 59.2 Å². The summed E-state index contributed by atoms with van der Waals surface area (Å²) >= 11 is 0. The van der Waals surface area contributed by atoms with E-state index in [2.05, 4.69) is 34.5 Å². The summed E-state index contributed by atoms with van der Waals surface area (Å²) in [6, 6.07) is 5.57. The second-order valence-electron chi connectivity index (χ2n) is 11.0. The van der Waals surface area contributed by atoms with Gasteiger partial charge in [-0.15, -0.1) is 0 Å². The van der Waals surface area contributed by atoms with Gasteiger partial charge in [-0.25, -0.2) is 9.18 Å². The van der Waals surface area contributed by atoms with E-state index < -0.39 is 11.7 Å². The molecule has 256 valence electrons. The third kappa shape index (κ3) is 24.3. The number of nitrogens with one attached hydrogen (secondary N) is 1. The molecule has 10 nitrogen and oxygen atoms in total. The number of nitrogens with zero attached hydrogens (tertiary/aromatic N) is 2. The van der Waals surface area contributed by atoms with E-state index in [1.54, 1.807) is 31.7 Å². The van der Waals surface area contributed by atoms with Gasteiger partial charge in [0, 0.05) is 31.2 Å². The van der Waals surface area contributed by atoms with Crippen LogP contribution in [-0.4, -0.2) is 73.6 Å². The quantitative estimate of drug-likeness (QED) is 0.272. The number of fused-ring (bicyclic) bond motifs is 1. The lowest BCUT2D eigenvalue weighted by Gasteiger charge is -2.23. The molecule has 2 heterocycles. The molecule has 44 heavy (non-hydrogen) atoms. The van der Waals surface area contributed by atoms with Crippen molar-refractivity contribution in [2.24, 2.45) is 5.73 Å². The standard InChI is InChI=1S/C12H22N2O3.C9H10FN.C7H16.C2H4O2.C2H6.CH3NO/c1-9-6-5-7-14(9)10(15)8-13-11(16)17-12(2,3)4;1-11-5-7-3-2-4-9(10)8(7)6-11;1-3-5-7-6-4-2;1-4-2-3;1-2;2-1-3/h9H,5-8H2,1-4H3,(H,13,16);2-4H,5-6H2,1H3;3-7H2,1-2H3;2H,1H3;1-2H3;1H,(H2,2,3). The first-order valence-electron chi connectivity index (χ1n) is 15.6. The highest BCUT2D eigenvalue weighted by Crippen LogP contribution is 2.23. The molecule has 0 bridgehead atoms. The Morgan fingerprint density at radius 3 is 2.05 bits per heavy atom. The van der Waals surface area contributed by atoms with E-state index in [9.17, 15) is 14.0 Å². The van der Waals surface area contributed by atoms with Gasteiger partial charge in [0.2, 0.25) is 12.3 Å². The number of carbonyl (C=O) groups is 4. The molecule has 0 saturated carbocycles. The molecular weight excluding hydrogens is 567 g/mol. The maximum atomic E-state index is 13.0. The molecule has 2 aliphatic heterocycles. The van der Waals surface area contributed by atoms with E-state index >= 15 is 0 Å². The van der Waals surface area contributed by atoms with Crippen molar-refractivity contribution in [3.63, 3.8) is 0 Å². The first-order chi connectivity index (χ1) is 20.8. The van der Waals surface area contributed by atoms with Gasteiger partial charge in [0.05, 0.1) is 7.11 Å². The number of likely N-dealkylation sites (tertiary alicyclic amines) is 1. The van der Waals surface area contributed by atoms with Gasteiger partial charge in [-0.3, -0.25) is 19.3 Å². The fraction of sp³-hybridized carbons (Fsp3) is 0.697. The summed E-state index contributed by atoms with van der Waals surface area (Å²) in [5, 5.41) is 2.48. The predicted molar refractivity (Wildman–Crippen MR) is 175 cm³/mol. The van der Waals surface area contributed by atoms with Crippen LogP contribution in [0.3, 0.4) is 0 Å². The Morgan fingerprint density at radius 2 is 1.64 bits per heavy atom. The largest absolute Gasteiger partial charge is 0.471 e. The third-order valence-electron chi connectivity index (χ3n) is 6.04. The van der Waals surface area contributed by atoms with Crippen LogP contribution in [0.1, 0.15) is 111 Å². The normalized spacial score (nSPS) is 14.4. The van der Waals surface area contributed by atoms with Crippen LogP contribution < -0.4 is 11.1 Å².